The van der Waals surface area contributed by atoms with Crippen LogP contribution in [0.15, 0.2) is 42.7 Å². The van der Waals surface area contributed by atoms with Gasteiger partial charge in [-0.3, -0.25) is 4.79 Å². The summed E-state index contributed by atoms with van der Waals surface area (Å²) in [6.07, 6.45) is 3.86. The number of carbonyl (C=O) groups excluding carboxylic acids is 2. The molecule has 1 amide bonds. The van der Waals surface area contributed by atoms with Crippen molar-refractivity contribution in [3.8, 4) is 5.75 Å². The minimum atomic E-state index is -0.580. The van der Waals surface area contributed by atoms with E-state index in [9.17, 15) is 14.7 Å². The van der Waals surface area contributed by atoms with E-state index in [0.717, 1.165) is 0 Å². The second kappa shape index (κ2) is 7.67. The molecule has 4 atom stereocenters. The summed E-state index contributed by atoms with van der Waals surface area (Å²) in [6.45, 7) is 1.36. The van der Waals surface area contributed by atoms with E-state index in [-0.39, 0.29) is 12.0 Å². The first-order valence-electron chi connectivity index (χ1n) is 9.50. The highest BCUT2D eigenvalue weighted by atomic mass is 16.5. The first-order valence-corrected chi connectivity index (χ1v) is 9.50. The third kappa shape index (κ3) is 3.62. The molecule has 0 radical (unpaired) electrons. The van der Waals surface area contributed by atoms with Crippen LogP contribution in [0.5, 0.6) is 5.75 Å². The predicted octanol–water partition coefficient (Wildman–Crippen LogP) is 2.09. The van der Waals surface area contributed by atoms with Gasteiger partial charge in [-0.15, -0.1) is 0 Å². The zero-order valence-corrected chi connectivity index (χ0v) is 15.7. The number of rotatable bonds is 4. The minimum Gasteiger partial charge on any atom is -0.488 e. The number of nitrogens with one attached hydrogen (secondary N) is 1. The van der Waals surface area contributed by atoms with Gasteiger partial charge in [0.15, 0.2) is 0 Å². The zero-order valence-electron chi connectivity index (χ0n) is 15.7. The molecule has 2 heterocycles. The summed E-state index contributed by atoms with van der Waals surface area (Å²) >= 11 is 0. The molecule has 148 valence electrons. The van der Waals surface area contributed by atoms with Crippen molar-refractivity contribution in [3.63, 3.8) is 0 Å². The highest BCUT2D eigenvalue weighted by molar-refractivity contribution is 5.94. The molecule has 0 bridgehead atoms. The summed E-state index contributed by atoms with van der Waals surface area (Å²) < 4.78 is 10.7. The number of amides is 1. The maximum atomic E-state index is 12.6. The average molecular weight is 384 g/mol. The lowest BCUT2D eigenvalue weighted by Gasteiger charge is -2.35. The van der Waals surface area contributed by atoms with Gasteiger partial charge in [0.25, 0.3) is 5.91 Å². The average Bonchev–Trinajstić information content (AvgIpc) is 3.37. The van der Waals surface area contributed by atoms with Gasteiger partial charge in [0.05, 0.1) is 24.3 Å². The number of H-pyrrole nitrogens is 1. The number of aliphatic hydroxyl groups excluding tert-OH is 1. The molecule has 1 aromatic carbocycles. The molecular formula is C21H24N2O5. The van der Waals surface area contributed by atoms with Crippen LogP contribution in [0.4, 0.5) is 0 Å². The van der Waals surface area contributed by atoms with E-state index in [2.05, 4.69) is 4.98 Å². The summed E-state index contributed by atoms with van der Waals surface area (Å²) in [6, 6.07) is 8.49. The van der Waals surface area contributed by atoms with Crippen molar-refractivity contribution in [1.82, 2.24) is 9.88 Å². The lowest BCUT2D eigenvalue weighted by atomic mass is 9.78. The van der Waals surface area contributed by atoms with E-state index in [4.69, 9.17) is 9.47 Å². The molecule has 1 aliphatic carbocycles. The number of nitrogens with zero attached hydrogens (tertiary/aromatic N) is 1. The van der Waals surface area contributed by atoms with Crippen LogP contribution >= 0.6 is 0 Å². The molecule has 28 heavy (non-hydrogen) atoms. The van der Waals surface area contributed by atoms with Crippen LogP contribution in [-0.4, -0.2) is 59.3 Å². The normalized spacial score (nSPS) is 26.6. The number of hydrogen-bond acceptors (Lipinski definition) is 5. The van der Waals surface area contributed by atoms with Crippen molar-refractivity contribution >= 4 is 11.9 Å². The number of hydrogen-bond donors (Lipinski definition) is 2. The van der Waals surface area contributed by atoms with Gasteiger partial charge in [-0.1, -0.05) is 0 Å². The Labute approximate surface area is 163 Å². The van der Waals surface area contributed by atoms with Crippen molar-refractivity contribution in [2.75, 3.05) is 20.2 Å². The van der Waals surface area contributed by atoms with Crippen LogP contribution < -0.4 is 4.74 Å². The van der Waals surface area contributed by atoms with E-state index in [0.29, 0.717) is 54.6 Å². The van der Waals surface area contributed by atoms with Gasteiger partial charge in [-0.25, -0.2) is 4.79 Å². The maximum absolute atomic E-state index is 12.6. The number of ether oxygens (including phenoxy) is 2. The Morgan fingerprint density at radius 3 is 2.43 bits per heavy atom. The second-order valence-corrected chi connectivity index (χ2v) is 7.54. The fourth-order valence-electron chi connectivity index (χ4n) is 4.28. The second-order valence-electron chi connectivity index (χ2n) is 7.54. The smallest absolute Gasteiger partial charge is 0.337 e. The number of aromatic amines is 1. The van der Waals surface area contributed by atoms with Crippen LogP contribution in [0.2, 0.25) is 0 Å². The van der Waals surface area contributed by atoms with Gasteiger partial charge in [0, 0.05) is 25.5 Å². The maximum Gasteiger partial charge on any atom is 0.337 e. The number of aromatic nitrogens is 1. The lowest BCUT2D eigenvalue weighted by Crippen LogP contribution is -2.42. The Kier molecular flexibility index (Phi) is 5.09. The summed E-state index contributed by atoms with van der Waals surface area (Å²) in [4.78, 5) is 28.9. The van der Waals surface area contributed by atoms with Crippen molar-refractivity contribution in [2.45, 2.75) is 25.0 Å². The SMILES string of the molecule is COC(=O)c1ccc(O[C@@H]2C[C@@H]3CN(C(=O)c4cc[nH]c4)C[C@@H]3C[C@H]2O)cc1. The molecule has 4 rings (SSSR count). The molecule has 2 fully saturated rings. The number of benzene rings is 1. The highest BCUT2D eigenvalue weighted by Gasteiger charge is 2.44. The van der Waals surface area contributed by atoms with Crippen LogP contribution in [0, 0.1) is 11.8 Å². The third-order valence-corrected chi connectivity index (χ3v) is 5.78. The summed E-state index contributed by atoms with van der Waals surface area (Å²) in [5, 5.41) is 10.6. The van der Waals surface area contributed by atoms with Crippen LogP contribution in [0.25, 0.3) is 0 Å². The van der Waals surface area contributed by atoms with Gasteiger partial charge in [-0.05, 0) is 55.0 Å². The Hall–Kier alpha value is -2.80. The first kappa shape index (κ1) is 18.6. The van der Waals surface area contributed by atoms with Gasteiger partial charge < -0.3 is 24.5 Å². The zero-order chi connectivity index (χ0) is 19.7. The third-order valence-electron chi connectivity index (χ3n) is 5.78. The molecule has 2 aromatic rings. The Morgan fingerprint density at radius 1 is 1.07 bits per heavy atom. The Morgan fingerprint density at radius 2 is 1.79 bits per heavy atom. The molecule has 0 spiro atoms. The molecule has 2 aliphatic rings. The number of fused-ring (bicyclic) bond motifs is 1. The van der Waals surface area contributed by atoms with E-state index < -0.39 is 12.1 Å². The van der Waals surface area contributed by atoms with Crippen molar-refractivity contribution in [1.29, 1.82) is 0 Å². The number of methoxy groups -OCH3 is 1. The van der Waals surface area contributed by atoms with Crippen LogP contribution in [0.1, 0.15) is 33.6 Å². The quantitative estimate of drug-likeness (QED) is 0.788. The number of likely N-dealkylation sites (tertiary alicyclic amines) is 1. The van der Waals surface area contributed by atoms with Crippen molar-refractivity contribution in [3.05, 3.63) is 53.9 Å². The first-order chi connectivity index (χ1) is 13.5. The summed E-state index contributed by atoms with van der Waals surface area (Å²) in [5.41, 5.74) is 1.12. The highest BCUT2D eigenvalue weighted by Crippen LogP contribution is 2.38. The number of esters is 1. The van der Waals surface area contributed by atoms with Crippen molar-refractivity contribution in [2.24, 2.45) is 11.8 Å². The number of carbonyl (C=O) groups is 2. The van der Waals surface area contributed by atoms with E-state index >= 15 is 0 Å². The van der Waals surface area contributed by atoms with Gasteiger partial charge in [-0.2, -0.15) is 0 Å². The van der Waals surface area contributed by atoms with Crippen LogP contribution in [0.3, 0.4) is 0 Å². The lowest BCUT2D eigenvalue weighted by molar-refractivity contribution is -0.0231. The topological polar surface area (TPSA) is 91.9 Å². The molecule has 0 unspecified atom stereocenters. The fourth-order valence-corrected chi connectivity index (χ4v) is 4.28. The summed E-state index contributed by atoms with van der Waals surface area (Å²) in [7, 11) is 1.34. The largest absolute Gasteiger partial charge is 0.488 e. The van der Waals surface area contributed by atoms with E-state index in [1.54, 1.807) is 42.7 Å². The number of aliphatic hydroxyl groups is 1. The Bertz CT molecular complexity index is 833. The molecule has 7 nitrogen and oxygen atoms in total. The molecule has 1 aliphatic heterocycles. The predicted molar refractivity (Wildman–Crippen MR) is 101 cm³/mol. The van der Waals surface area contributed by atoms with Gasteiger partial charge in [0.1, 0.15) is 11.9 Å². The van der Waals surface area contributed by atoms with Crippen LogP contribution in [-0.2, 0) is 4.74 Å². The van der Waals surface area contributed by atoms with Gasteiger partial charge >= 0.3 is 5.97 Å². The molecular weight excluding hydrogens is 360 g/mol. The van der Waals surface area contributed by atoms with Crippen molar-refractivity contribution < 1.29 is 24.2 Å². The molecule has 1 aromatic heterocycles. The molecule has 1 saturated carbocycles. The molecule has 2 N–H and O–H groups in total. The standard InChI is InChI=1S/C21H24N2O5/c1-27-21(26)13-2-4-17(5-3-13)28-19-9-16-12-23(11-15(16)8-18(19)24)20(25)14-6-7-22-10-14/h2-7,10,15-16,18-19,22,24H,8-9,11-12H2,1H3/t15-,16+,18+,19+/m0/s1. The molecule has 7 heteroatoms. The Balaban J connectivity index is 1.39. The van der Waals surface area contributed by atoms with E-state index in [1.165, 1.54) is 7.11 Å². The minimum absolute atomic E-state index is 0.0287. The fraction of sp³-hybridized carbons (Fsp3) is 0.429. The monoisotopic (exact) mass is 384 g/mol. The van der Waals surface area contributed by atoms with E-state index in [1.807, 2.05) is 4.90 Å². The summed E-state index contributed by atoms with van der Waals surface area (Å²) in [5.74, 6) is 0.838. The molecule has 1 saturated heterocycles. The van der Waals surface area contributed by atoms with Gasteiger partial charge in [0.2, 0.25) is 0 Å².